The Morgan fingerprint density at radius 3 is 2.26 bits per heavy atom. The third kappa shape index (κ3) is 5.50. The lowest BCUT2D eigenvalue weighted by atomic mass is 10.2. The van der Waals surface area contributed by atoms with E-state index in [0.717, 1.165) is 13.0 Å². The van der Waals surface area contributed by atoms with E-state index in [-0.39, 0.29) is 0 Å². The Bertz CT molecular complexity index is 445. The van der Waals surface area contributed by atoms with Gasteiger partial charge in [0.2, 0.25) is 5.82 Å². The largest absolute Gasteiger partial charge is 0.451 e. The summed E-state index contributed by atoms with van der Waals surface area (Å²) in [4.78, 5) is 6.03. The molecule has 19 heavy (non-hydrogen) atoms. The number of rotatable bonds is 3. The van der Waals surface area contributed by atoms with Crippen LogP contribution in [0.1, 0.15) is 19.2 Å². The Morgan fingerprint density at radius 2 is 1.79 bits per heavy atom. The quantitative estimate of drug-likeness (QED) is 0.680. The molecule has 0 radical (unpaired) electrons. The van der Waals surface area contributed by atoms with Gasteiger partial charge >= 0.3 is 12.4 Å². The molecule has 1 aromatic rings. The van der Waals surface area contributed by atoms with Gasteiger partial charge in [-0.15, -0.1) is 0 Å². The van der Waals surface area contributed by atoms with Crippen LogP contribution in [0.15, 0.2) is 6.07 Å². The Morgan fingerprint density at radius 1 is 1.21 bits per heavy atom. The highest BCUT2D eigenvalue weighted by atomic mass is 35.5. The van der Waals surface area contributed by atoms with Crippen molar-refractivity contribution in [2.45, 2.75) is 31.7 Å². The van der Waals surface area contributed by atoms with Crippen molar-refractivity contribution in [3.8, 4) is 0 Å². The van der Waals surface area contributed by atoms with Crippen molar-refractivity contribution in [1.29, 1.82) is 0 Å². The van der Waals surface area contributed by atoms with E-state index in [2.05, 4.69) is 15.3 Å². The van der Waals surface area contributed by atoms with Gasteiger partial charge in [0.25, 0.3) is 0 Å². The van der Waals surface area contributed by atoms with Crippen molar-refractivity contribution in [1.82, 2.24) is 9.97 Å². The maximum Gasteiger partial charge on any atom is 0.451 e. The highest BCUT2D eigenvalue weighted by Crippen LogP contribution is 2.29. The van der Waals surface area contributed by atoms with Gasteiger partial charge in [0.1, 0.15) is 11.0 Å². The second kappa shape index (κ2) is 5.40. The summed E-state index contributed by atoms with van der Waals surface area (Å²) in [6.45, 7) is 1.16. The summed E-state index contributed by atoms with van der Waals surface area (Å²) < 4.78 is 73.3. The predicted molar refractivity (Wildman–Crippen MR) is 55.8 cm³/mol. The van der Waals surface area contributed by atoms with Crippen LogP contribution in [0.2, 0.25) is 5.15 Å². The van der Waals surface area contributed by atoms with Crippen molar-refractivity contribution in [3.63, 3.8) is 0 Å². The summed E-state index contributed by atoms with van der Waals surface area (Å²) in [6, 6.07) is -0.226. The average molecular weight is 308 g/mol. The van der Waals surface area contributed by atoms with Gasteiger partial charge in [0, 0.05) is 12.1 Å². The molecule has 0 amide bonds. The Labute approximate surface area is 109 Å². The fourth-order valence-corrected chi connectivity index (χ4v) is 1.45. The summed E-state index contributed by atoms with van der Waals surface area (Å²) >= 11 is 5.36. The minimum atomic E-state index is -4.82. The zero-order valence-corrected chi connectivity index (χ0v) is 10.2. The molecule has 1 rings (SSSR count). The number of alkyl halides is 6. The minimum absolute atomic E-state index is 0.413. The molecule has 108 valence electrons. The van der Waals surface area contributed by atoms with Crippen LogP contribution in [0.25, 0.3) is 0 Å². The SMILES string of the molecule is CC(CC(F)(F)F)Nc1cc(Cl)nc(C(F)(F)F)n1. The smallest absolute Gasteiger partial charge is 0.367 e. The van der Waals surface area contributed by atoms with Gasteiger partial charge in [-0.3, -0.25) is 0 Å². The number of aromatic nitrogens is 2. The molecular weight excluding hydrogens is 300 g/mol. The van der Waals surface area contributed by atoms with E-state index >= 15 is 0 Å². The number of nitrogens with one attached hydrogen (secondary N) is 1. The molecule has 0 saturated heterocycles. The summed E-state index contributed by atoms with van der Waals surface area (Å²) in [7, 11) is 0. The first-order valence-electron chi connectivity index (χ1n) is 4.92. The molecule has 0 spiro atoms. The number of anilines is 1. The van der Waals surface area contributed by atoms with E-state index in [4.69, 9.17) is 11.6 Å². The van der Waals surface area contributed by atoms with Crippen LogP contribution >= 0.6 is 11.6 Å². The van der Waals surface area contributed by atoms with Gasteiger partial charge in [-0.1, -0.05) is 11.6 Å². The molecule has 10 heteroatoms. The van der Waals surface area contributed by atoms with Crippen LogP contribution in [-0.4, -0.2) is 22.2 Å². The standard InChI is InChI=1S/C9H8ClF6N3/c1-4(3-8(11,12)13)17-6-2-5(10)18-7(19-6)9(14,15)16/h2,4H,3H2,1H3,(H,17,18,19). The highest BCUT2D eigenvalue weighted by Gasteiger charge is 2.36. The van der Waals surface area contributed by atoms with E-state index in [0.29, 0.717) is 0 Å². The lowest BCUT2D eigenvalue weighted by Gasteiger charge is -2.17. The van der Waals surface area contributed by atoms with Crippen LogP contribution in [0, 0.1) is 0 Å². The molecule has 1 unspecified atom stereocenters. The van der Waals surface area contributed by atoms with E-state index in [1.165, 1.54) is 0 Å². The summed E-state index contributed by atoms with van der Waals surface area (Å²) in [5.74, 6) is -1.93. The lowest BCUT2D eigenvalue weighted by molar-refractivity contribution is -0.145. The summed E-state index contributed by atoms with van der Waals surface area (Å²) in [5, 5.41) is 1.69. The van der Waals surface area contributed by atoms with Crippen molar-refractivity contribution >= 4 is 17.4 Å². The third-order valence-electron chi connectivity index (χ3n) is 1.88. The van der Waals surface area contributed by atoms with Gasteiger partial charge in [-0.25, -0.2) is 9.97 Å². The molecule has 1 aromatic heterocycles. The molecule has 1 atom stereocenters. The van der Waals surface area contributed by atoms with Gasteiger partial charge in [-0.2, -0.15) is 26.3 Å². The number of halogens is 7. The van der Waals surface area contributed by atoms with Crippen LogP contribution in [-0.2, 0) is 6.18 Å². The molecule has 0 saturated carbocycles. The summed E-state index contributed by atoms with van der Waals surface area (Å²) in [5.41, 5.74) is 0. The van der Waals surface area contributed by atoms with E-state index < -0.39 is 41.6 Å². The molecule has 0 aliphatic heterocycles. The molecule has 0 aliphatic carbocycles. The average Bonchev–Trinajstić information content (AvgIpc) is 2.11. The first-order valence-corrected chi connectivity index (χ1v) is 5.30. The maximum absolute atomic E-state index is 12.4. The van der Waals surface area contributed by atoms with Crippen molar-refractivity contribution in [3.05, 3.63) is 17.0 Å². The van der Waals surface area contributed by atoms with Gasteiger partial charge in [-0.05, 0) is 6.92 Å². The maximum atomic E-state index is 12.4. The molecule has 0 bridgehead atoms. The van der Waals surface area contributed by atoms with Crippen LogP contribution in [0.3, 0.4) is 0 Å². The van der Waals surface area contributed by atoms with E-state index in [1.54, 1.807) is 0 Å². The second-order valence-electron chi connectivity index (χ2n) is 3.76. The van der Waals surface area contributed by atoms with Crippen molar-refractivity contribution in [2.75, 3.05) is 5.32 Å². The first-order chi connectivity index (χ1) is 8.47. The van der Waals surface area contributed by atoms with E-state index in [9.17, 15) is 26.3 Å². The zero-order chi connectivity index (χ0) is 14.8. The third-order valence-corrected chi connectivity index (χ3v) is 2.07. The molecule has 0 aromatic carbocycles. The molecule has 0 fully saturated rings. The summed E-state index contributed by atoms with van der Waals surface area (Å²) in [6.07, 6.45) is -10.5. The topological polar surface area (TPSA) is 37.8 Å². The first kappa shape index (κ1) is 15.8. The van der Waals surface area contributed by atoms with Crippen LogP contribution < -0.4 is 5.32 Å². The zero-order valence-electron chi connectivity index (χ0n) is 9.40. The number of hydrogen-bond acceptors (Lipinski definition) is 3. The Kier molecular flexibility index (Phi) is 4.49. The lowest BCUT2D eigenvalue weighted by Crippen LogP contribution is -2.25. The Balaban J connectivity index is 2.87. The molecule has 1 N–H and O–H groups in total. The fourth-order valence-electron chi connectivity index (χ4n) is 1.27. The fraction of sp³-hybridized carbons (Fsp3) is 0.556. The van der Waals surface area contributed by atoms with Crippen LogP contribution in [0.4, 0.5) is 32.2 Å². The van der Waals surface area contributed by atoms with Crippen molar-refractivity contribution in [2.24, 2.45) is 0 Å². The normalized spacial score (nSPS) is 14.3. The minimum Gasteiger partial charge on any atom is -0.367 e. The van der Waals surface area contributed by atoms with Crippen molar-refractivity contribution < 1.29 is 26.3 Å². The van der Waals surface area contributed by atoms with Gasteiger partial charge in [0.15, 0.2) is 0 Å². The Hall–Kier alpha value is -1.25. The molecule has 0 aliphatic rings. The number of nitrogens with zero attached hydrogens (tertiary/aromatic N) is 2. The molecular formula is C9H8ClF6N3. The second-order valence-corrected chi connectivity index (χ2v) is 4.15. The molecule has 1 heterocycles. The highest BCUT2D eigenvalue weighted by molar-refractivity contribution is 6.29. The molecule has 3 nitrogen and oxygen atoms in total. The van der Waals surface area contributed by atoms with E-state index in [1.807, 2.05) is 0 Å². The predicted octanol–water partition coefficient (Wildman–Crippen LogP) is 3.90. The van der Waals surface area contributed by atoms with Gasteiger partial charge < -0.3 is 5.32 Å². The van der Waals surface area contributed by atoms with Crippen LogP contribution in [0.5, 0.6) is 0 Å². The monoisotopic (exact) mass is 307 g/mol. The van der Waals surface area contributed by atoms with Gasteiger partial charge in [0.05, 0.1) is 6.42 Å². The number of hydrogen-bond donors (Lipinski definition) is 1.